The van der Waals surface area contributed by atoms with Crippen LogP contribution in [0.4, 0.5) is 0 Å². The number of hydrogen-bond donors (Lipinski definition) is 0. The Morgan fingerprint density at radius 2 is 2.07 bits per heavy atom. The van der Waals surface area contributed by atoms with E-state index >= 15 is 0 Å². The van der Waals surface area contributed by atoms with Crippen molar-refractivity contribution in [2.24, 2.45) is 0 Å². The van der Waals surface area contributed by atoms with Crippen molar-refractivity contribution in [2.45, 2.75) is 26.3 Å². The Balaban J connectivity index is 2.63. The van der Waals surface area contributed by atoms with Gasteiger partial charge in [-0.2, -0.15) is 0 Å². The molecule has 0 aliphatic rings. The molecule has 2 aromatic rings. The average Bonchev–Trinajstić information content (AvgIpc) is 2.56. The standard InChI is InChI=1S/C12H15N2O/c1-9(2)14-11-6-4-3-5-10(11)13-12(14)7-8-15/h3-6,9H,7-8H2,1-2H3. The first-order chi connectivity index (χ1) is 7.24. The van der Waals surface area contributed by atoms with E-state index in [1.54, 1.807) is 0 Å². The Bertz CT molecular complexity index is 460. The van der Waals surface area contributed by atoms with E-state index in [0.717, 1.165) is 16.9 Å². The minimum Gasteiger partial charge on any atom is -0.325 e. The van der Waals surface area contributed by atoms with Gasteiger partial charge in [-0.25, -0.2) is 10.1 Å². The SMILES string of the molecule is CC(C)n1c(CC[O])nc2ccccc21. The molecule has 79 valence electrons. The second kappa shape index (κ2) is 4.03. The van der Waals surface area contributed by atoms with E-state index in [1.807, 2.05) is 18.2 Å². The molecule has 1 radical (unpaired) electrons. The Hall–Kier alpha value is -1.35. The summed E-state index contributed by atoms with van der Waals surface area (Å²) in [5.74, 6) is 0.904. The lowest BCUT2D eigenvalue weighted by atomic mass is 10.3. The van der Waals surface area contributed by atoms with Crippen LogP contribution in [0.3, 0.4) is 0 Å². The highest BCUT2D eigenvalue weighted by atomic mass is 16.3. The summed E-state index contributed by atoms with van der Waals surface area (Å²) < 4.78 is 2.15. The normalized spacial score (nSPS) is 11.5. The lowest BCUT2D eigenvalue weighted by Crippen LogP contribution is -2.07. The van der Waals surface area contributed by atoms with E-state index in [0.29, 0.717) is 12.5 Å². The monoisotopic (exact) mass is 203 g/mol. The third-order valence-corrected chi connectivity index (χ3v) is 2.51. The number of nitrogens with zero attached hydrogens (tertiary/aromatic N) is 2. The summed E-state index contributed by atoms with van der Waals surface area (Å²) in [6.07, 6.45) is 0.507. The Morgan fingerprint density at radius 1 is 1.33 bits per heavy atom. The van der Waals surface area contributed by atoms with Gasteiger partial charge in [0.05, 0.1) is 17.6 Å². The predicted octanol–water partition coefficient (Wildman–Crippen LogP) is 2.59. The van der Waals surface area contributed by atoms with Crippen molar-refractivity contribution in [2.75, 3.05) is 6.61 Å². The first-order valence-electron chi connectivity index (χ1n) is 5.28. The van der Waals surface area contributed by atoms with Crippen LogP contribution in [0.1, 0.15) is 25.7 Å². The highest BCUT2D eigenvalue weighted by Gasteiger charge is 2.11. The zero-order valence-corrected chi connectivity index (χ0v) is 9.10. The van der Waals surface area contributed by atoms with E-state index in [1.165, 1.54) is 0 Å². The Morgan fingerprint density at radius 3 is 2.73 bits per heavy atom. The van der Waals surface area contributed by atoms with Gasteiger partial charge >= 0.3 is 0 Å². The van der Waals surface area contributed by atoms with E-state index < -0.39 is 0 Å². The van der Waals surface area contributed by atoms with Crippen molar-refractivity contribution in [3.05, 3.63) is 30.1 Å². The number of rotatable bonds is 3. The molecule has 3 heteroatoms. The van der Waals surface area contributed by atoms with Crippen molar-refractivity contribution in [1.29, 1.82) is 0 Å². The lowest BCUT2D eigenvalue weighted by molar-refractivity contribution is 0.194. The van der Waals surface area contributed by atoms with E-state index in [-0.39, 0.29) is 6.61 Å². The summed E-state index contributed by atoms with van der Waals surface area (Å²) in [4.78, 5) is 4.49. The molecule has 0 saturated carbocycles. The van der Waals surface area contributed by atoms with Crippen molar-refractivity contribution >= 4 is 11.0 Å². The highest BCUT2D eigenvalue weighted by molar-refractivity contribution is 5.76. The number of benzene rings is 1. The van der Waals surface area contributed by atoms with Gasteiger partial charge < -0.3 is 4.57 Å². The van der Waals surface area contributed by atoms with Crippen LogP contribution in [-0.4, -0.2) is 16.2 Å². The molecule has 0 unspecified atom stereocenters. The van der Waals surface area contributed by atoms with Crippen molar-refractivity contribution < 1.29 is 5.11 Å². The van der Waals surface area contributed by atoms with E-state index in [4.69, 9.17) is 0 Å². The van der Waals surface area contributed by atoms with Crippen LogP contribution >= 0.6 is 0 Å². The number of hydrogen-bond acceptors (Lipinski definition) is 1. The molecule has 15 heavy (non-hydrogen) atoms. The first-order valence-corrected chi connectivity index (χ1v) is 5.28. The first kappa shape index (κ1) is 10.2. The van der Waals surface area contributed by atoms with Gasteiger partial charge in [0.25, 0.3) is 0 Å². The van der Waals surface area contributed by atoms with Gasteiger partial charge in [0.1, 0.15) is 5.82 Å². The van der Waals surface area contributed by atoms with Crippen molar-refractivity contribution in [3.63, 3.8) is 0 Å². The molecule has 0 saturated heterocycles. The van der Waals surface area contributed by atoms with Crippen LogP contribution in [0.2, 0.25) is 0 Å². The second-order valence-corrected chi connectivity index (χ2v) is 3.93. The largest absolute Gasteiger partial charge is 0.325 e. The molecular formula is C12H15N2O. The molecule has 1 heterocycles. The molecule has 0 fully saturated rings. The summed E-state index contributed by atoms with van der Waals surface area (Å²) in [6, 6.07) is 8.36. The molecule has 0 bridgehead atoms. The van der Waals surface area contributed by atoms with Gasteiger partial charge in [-0.3, -0.25) is 0 Å². The molecule has 0 spiro atoms. The summed E-state index contributed by atoms with van der Waals surface area (Å²) in [7, 11) is 0. The Kier molecular flexibility index (Phi) is 2.73. The minimum atomic E-state index is -0.101. The van der Waals surface area contributed by atoms with Gasteiger partial charge in [0.15, 0.2) is 0 Å². The zero-order valence-electron chi connectivity index (χ0n) is 9.10. The van der Waals surface area contributed by atoms with Crippen molar-refractivity contribution in [3.8, 4) is 0 Å². The third-order valence-electron chi connectivity index (χ3n) is 2.51. The molecule has 0 N–H and O–H groups in total. The molecule has 1 aromatic heterocycles. The molecule has 0 atom stereocenters. The van der Waals surface area contributed by atoms with Gasteiger partial charge in [-0.05, 0) is 26.0 Å². The molecule has 2 rings (SSSR count). The number of imidazole rings is 1. The van der Waals surface area contributed by atoms with Crippen LogP contribution in [-0.2, 0) is 11.5 Å². The Labute approximate surface area is 89.4 Å². The molecule has 1 aromatic carbocycles. The highest BCUT2D eigenvalue weighted by Crippen LogP contribution is 2.20. The number of aromatic nitrogens is 2. The van der Waals surface area contributed by atoms with Crippen LogP contribution in [0.15, 0.2) is 24.3 Å². The van der Waals surface area contributed by atoms with E-state index in [9.17, 15) is 5.11 Å². The fraction of sp³-hybridized carbons (Fsp3) is 0.417. The summed E-state index contributed by atoms with van der Waals surface area (Å²) in [5, 5.41) is 10.7. The number of fused-ring (bicyclic) bond motifs is 1. The van der Waals surface area contributed by atoms with Crippen LogP contribution < -0.4 is 0 Å². The molecule has 3 nitrogen and oxygen atoms in total. The van der Waals surface area contributed by atoms with Crippen LogP contribution in [0.25, 0.3) is 11.0 Å². The summed E-state index contributed by atoms with van der Waals surface area (Å²) in [5.41, 5.74) is 2.10. The summed E-state index contributed by atoms with van der Waals surface area (Å²) in [6.45, 7) is 4.13. The lowest BCUT2D eigenvalue weighted by Gasteiger charge is -2.11. The molecule has 0 aliphatic heterocycles. The van der Waals surface area contributed by atoms with Gasteiger partial charge in [-0.1, -0.05) is 12.1 Å². The average molecular weight is 203 g/mol. The molecule has 0 amide bonds. The fourth-order valence-electron chi connectivity index (χ4n) is 1.94. The minimum absolute atomic E-state index is 0.101. The predicted molar refractivity (Wildman–Crippen MR) is 59.4 cm³/mol. The van der Waals surface area contributed by atoms with Crippen LogP contribution in [0.5, 0.6) is 0 Å². The maximum Gasteiger partial charge on any atom is 0.112 e. The van der Waals surface area contributed by atoms with Gasteiger partial charge in [-0.15, -0.1) is 0 Å². The smallest absolute Gasteiger partial charge is 0.112 e. The molecular weight excluding hydrogens is 188 g/mol. The quantitative estimate of drug-likeness (QED) is 0.755. The zero-order chi connectivity index (χ0) is 10.8. The third kappa shape index (κ3) is 1.75. The maximum absolute atomic E-state index is 10.7. The van der Waals surface area contributed by atoms with Gasteiger partial charge in [0, 0.05) is 12.5 Å². The molecule has 0 aliphatic carbocycles. The van der Waals surface area contributed by atoms with Crippen molar-refractivity contribution in [1.82, 2.24) is 9.55 Å². The second-order valence-electron chi connectivity index (χ2n) is 3.93. The summed E-state index contributed by atoms with van der Waals surface area (Å²) >= 11 is 0. The maximum atomic E-state index is 10.7. The number of para-hydroxylation sites is 2. The van der Waals surface area contributed by atoms with Crippen LogP contribution in [0, 0.1) is 0 Å². The topological polar surface area (TPSA) is 37.7 Å². The van der Waals surface area contributed by atoms with E-state index in [2.05, 4.69) is 29.5 Å². The fourth-order valence-corrected chi connectivity index (χ4v) is 1.94. The van der Waals surface area contributed by atoms with Gasteiger partial charge in [0.2, 0.25) is 0 Å².